The fourth-order valence-corrected chi connectivity index (χ4v) is 3.87. The maximum Gasteiger partial charge on any atom is 0.141 e. The molecule has 0 saturated heterocycles. The topological polar surface area (TPSA) is 9.23 Å². The lowest BCUT2D eigenvalue weighted by molar-refractivity contribution is 0.371. The van der Waals surface area contributed by atoms with E-state index < -0.39 is 10.3 Å². The van der Waals surface area contributed by atoms with Gasteiger partial charge in [-0.3, -0.25) is 0 Å². The highest BCUT2D eigenvalue weighted by molar-refractivity contribution is 8.28. The molecule has 0 aromatic heterocycles. The highest BCUT2D eigenvalue weighted by Gasteiger charge is 2.31. The van der Waals surface area contributed by atoms with Crippen molar-refractivity contribution in [3.8, 4) is 5.75 Å². The van der Waals surface area contributed by atoms with Crippen molar-refractivity contribution in [1.82, 2.24) is 0 Å². The van der Waals surface area contributed by atoms with Gasteiger partial charge in [0.1, 0.15) is 5.75 Å². The molecule has 0 atom stereocenters. The van der Waals surface area contributed by atoms with Gasteiger partial charge in [-0.2, -0.15) is 0 Å². The van der Waals surface area contributed by atoms with Crippen LogP contribution in [0.5, 0.6) is 5.75 Å². The van der Waals surface area contributed by atoms with E-state index >= 15 is 0 Å². The van der Waals surface area contributed by atoms with Crippen LogP contribution >= 0.6 is 10.3 Å². The third-order valence-electron chi connectivity index (χ3n) is 4.63. The molecule has 0 radical (unpaired) electrons. The van der Waals surface area contributed by atoms with Crippen LogP contribution in [0.4, 0.5) is 0 Å². The Balaban J connectivity index is 3.58. The van der Waals surface area contributed by atoms with E-state index in [0.717, 1.165) is 6.42 Å². The van der Waals surface area contributed by atoms with Crippen LogP contribution in [0.15, 0.2) is 12.1 Å². The molecule has 0 bridgehead atoms. The molecule has 0 fully saturated rings. The predicted octanol–water partition coefficient (Wildman–Crippen LogP) is 6.01. The summed E-state index contributed by atoms with van der Waals surface area (Å²) in [5.74, 6) is 1.18. The molecule has 1 aromatic rings. The summed E-state index contributed by atoms with van der Waals surface area (Å²) >= 11 is 0. The van der Waals surface area contributed by atoms with Crippen LogP contribution < -0.4 is 4.18 Å². The minimum absolute atomic E-state index is 0.246. The van der Waals surface area contributed by atoms with Crippen LogP contribution in [0.1, 0.15) is 63.6 Å². The van der Waals surface area contributed by atoms with Crippen LogP contribution in [0.2, 0.25) is 0 Å². The van der Waals surface area contributed by atoms with Gasteiger partial charge >= 0.3 is 0 Å². The molecule has 21 heavy (non-hydrogen) atoms. The molecule has 0 aliphatic rings. The Bertz CT molecular complexity index is 459. The van der Waals surface area contributed by atoms with Crippen molar-refractivity contribution >= 4 is 10.3 Å². The third kappa shape index (κ3) is 4.18. The van der Waals surface area contributed by atoms with E-state index in [-0.39, 0.29) is 5.41 Å². The lowest BCUT2D eigenvalue weighted by Gasteiger charge is -2.37. The fourth-order valence-electron chi connectivity index (χ4n) is 3.17. The molecule has 0 saturated carbocycles. The average molecular weight is 311 g/mol. The summed E-state index contributed by atoms with van der Waals surface area (Å²) in [5, 5.41) is 0. The van der Waals surface area contributed by atoms with Crippen molar-refractivity contribution in [1.29, 1.82) is 0 Å². The minimum Gasteiger partial charge on any atom is -0.449 e. The Hall–Kier alpha value is -0.630. The van der Waals surface area contributed by atoms with E-state index in [1.54, 1.807) is 0 Å². The zero-order valence-corrected chi connectivity index (χ0v) is 16.1. The zero-order valence-electron chi connectivity index (χ0n) is 15.3. The van der Waals surface area contributed by atoms with Gasteiger partial charge in [0.2, 0.25) is 0 Å². The van der Waals surface area contributed by atoms with Gasteiger partial charge in [0.15, 0.2) is 0 Å². The quantitative estimate of drug-likeness (QED) is 0.599. The van der Waals surface area contributed by atoms with Gasteiger partial charge in [-0.25, -0.2) is 0 Å². The van der Waals surface area contributed by atoms with Crippen molar-refractivity contribution in [3.63, 3.8) is 0 Å². The SMILES string of the molecule is CCc1cc(C)cc(C(CC)(CC)CC)c1OS(C)(C)C. The number of aryl methyl sites for hydroxylation is 2. The number of hydrogen-bond donors (Lipinski definition) is 0. The Kier molecular flexibility index (Phi) is 6.22. The van der Waals surface area contributed by atoms with Gasteiger partial charge in [-0.15, -0.1) is 10.3 Å². The first-order chi connectivity index (χ1) is 9.72. The van der Waals surface area contributed by atoms with Gasteiger partial charge in [0.25, 0.3) is 0 Å². The molecule has 0 unspecified atom stereocenters. The minimum atomic E-state index is -1.03. The molecule has 0 aliphatic heterocycles. The first kappa shape index (κ1) is 18.4. The maximum atomic E-state index is 6.50. The van der Waals surface area contributed by atoms with Gasteiger partial charge in [-0.1, -0.05) is 45.4 Å². The molecule has 1 rings (SSSR count). The van der Waals surface area contributed by atoms with Gasteiger partial charge < -0.3 is 4.18 Å². The highest BCUT2D eigenvalue weighted by Crippen LogP contribution is 2.47. The Morgan fingerprint density at radius 2 is 1.48 bits per heavy atom. The highest BCUT2D eigenvalue weighted by atomic mass is 32.3. The summed E-state index contributed by atoms with van der Waals surface area (Å²) in [5.41, 5.74) is 4.41. The number of rotatable bonds is 7. The van der Waals surface area contributed by atoms with Crippen molar-refractivity contribution in [2.45, 2.75) is 65.7 Å². The summed E-state index contributed by atoms with van der Waals surface area (Å²) in [4.78, 5) is 0. The number of hydrogen-bond acceptors (Lipinski definition) is 1. The van der Waals surface area contributed by atoms with Gasteiger partial charge in [0, 0.05) is 5.56 Å². The van der Waals surface area contributed by atoms with Crippen molar-refractivity contribution in [2.24, 2.45) is 0 Å². The second-order valence-corrected chi connectivity index (χ2v) is 10.4. The Morgan fingerprint density at radius 3 is 1.86 bits per heavy atom. The lowest BCUT2D eigenvalue weighted by Crippen LogP contribution is -2.25. The molecular weight excluding hydrogens is 276 g/mol. The average Bonchev–Trinajstić information content (AvgIpc) is 2.42. The molecule has 0 spiro atoms. The molecule has 122 valence electrons. The zero-order chi connectivity index (χ0) is 16.3. The van der Waals surface area contributed by atoms with Crippen LogP contribution in [0.3, 0.4) is 0 Å². The van der Waals surface area contributed by atoms with Crippen LogP contribution in [-0.4, -0.2) is 18.8 Å². The van der Waals surface area contributed by atoms with E-state index in [1.807, 2.05) is 0 Å². The lowest BCUT2D eigenvalue weighted by atomic mass is 9.72. The molecule has 1 nitrogen and oxygen atoms in total. The molecule has 0 N–H and O–H groups in total. The predicted molar refractivity (Wildman–Crippen MR) is 99.1 cm³/mol. The van der Waals surface area contributed by atoms with E-state index in [9.17, 15) is 0 Å². The molecule has 0 amide bonds. The molecular formula is C19H34OS. The first-order valence-electron chi connectivity index (χ1n) is 8.24. The standard InChI is InChI=1S/C19H34OS/c1-9-16-13-15(5)14-17(18(16)20-21(6,7)8)19(10-2,11-3)12-4/h13-14H,9-12H2,1-8H3. The normalized spacial score (nSPS) is 13.3. The Morgan fingerprint density at radius 1 is 0.952 bits per heavy atom. The van der Waals surface area contributed by atoms with Crippen molar-refractivity contribution in [3.05, 3.63) is 28.8 Å². The maximum absolute atomic E-state index is 6.50. The first-order valence-corrected chi connectivity index (χ1v) is 11.0. The smallest absolute Gasteiger partial charge is 0.141 e. The summed E-state index contributed by atoms with van der Waals surface area (Å²) in [6, 6.07) is 4.67. The second kappa shape index (κ2) is 7.09. The molecule has 0 aliphatic carbocycles. The van der Waals surface area contributed by atoms with E-state index in [1.165, 1.54) is 41.7 Å². The van der Waals surface area contributed by atoms with E-state index in [4.69, 9.17) is 4.18 Å². The largest absolute Gasteiger partial charge is 0.449 e. The van der Waals surface area contributed by atoms with Crippen LogP contribution in [-0.2, 0) is 11.8 Å². The summed E-state index contributed by atoms with van der Waals surface area (Å²) < 4.78 is 6.50. The summed E-state index contributed by atoms with van der Waals surface area (Å²) in [6.07, 6.45) is 11.2. The van der Waals surface area contributed by atoms with Crippen LogP contribution in [0.25, 0.3) is 0 Å². The summed E-state index contributed by atoms with van der Waals surface area (Å²) in [6.45, 7) is 11.4. The number of benzene rings is 1. The van der Waals surface area contributed by atoms with Gasteiger partial charge in [-0.05, 0) is 62.4 Å². The van der Waals surface area contributed by atoms with E-state index in [0.29, 0.717) is 0 Å². The van der Waals surface area contributed by atoms with Crippen LogP contribution in [0, 0.1) is 6.92 Å². The van der Waals surface area contributed by atoms with Crippen molar-refractivity contribution < 1.29 is 4.18 Å². The fraction of sp³-hybridized carbons (Fsp3) is 0.684. The van der Waals surface area contributed by atoms with Gasteiger partial charge in [0.05, 0.1) is 0 Å². The Labute approximate surface area is 134 Å². The second-order valence-electron chi connectivity index (χ2n) is 6.80. The third-order valence-corrected chi connectivity index (χ3v) is 5.29. The molecule has 1 aromatic carbocycles. The van der Waals surface area contributed by atoms with Crippen molar-refractivity contribution in [2.75, 3.05) is 18.8 Å². The molecule has 0 heterocycles. The monoisotopic (exact) mass is 310 g/mol. The summed E-state index contributed by atoms with van der Waals surface area (Å²) in [7, 11) is -1.03. The van der Waals surface area contributed by atoms with E-state index in [2.05, 4.69) is 65.5 Å². The molecule has 2 heteroatoms.